The van der Waals surface area contributed by atoms with Gasteiger partial charge in [0.25, 0.3) is 7.82 Å². The first kappa shape index (κ1) is 58.7. The molecule has 3 atom stereocenters. The van der Waals surface area contributed by atoms with Gasteiger partial charge in [-0.1, -0.05) is 208 Å². The Kier molecular flexibility index (Phi) is 41.3. The summed E-state index contributed by atoms with van der Waals surface area (Å²) >= 11 is 0. The lowest BCUT2D eigenvalue weighted by molar-refractivity contribution is -0.870. The van der Waals surface area contributed by atoms with Gasteiger partial charge in [0.2, 0.25) is 5.91 Å². The summed E-state index contributed by atoms with van der Waals surface area (Å²) in [7, 11) is 1.20. The summed E-state index contributed by atoms with van der Waals surface area (Å²) in [5.41, 5.74) is 0. The zero-order valence-electron chi connectivity index (χ0n) is 39.8. The molecule has 352 valence electrons. The molecule has 0 aromatic rings. The number of amides is 1. The number of hydrogen-bond acceptors (Lipinski definition) is 6. The molecule has 0 heterocycles. The molecule has 9 heteroatoms. The van der Waals surface area contributed by atoms with Crippen molar-refractivity contribution >= 4 is 13.7 Å². The summed E-state index contributed by atoms with van der Waals surface area (Å²) in [6.45, 7) is 4.47. The van der Waals surface area contributed by atoms with Crippen LogP contribution in [0.15, 0.2) is 85.1 Å². The van der Waals surface area contributed by atoms with E-state index >= 15 is 0 Å². The molecule has 61 heavy (non-hydrogen) atoms. The minimum atomic E-state index is -4.62. The normalized spacial score (nSPS) is 14.9. The van der Waals surface area contributed by atoms with Crippen LogP contribution < -0.4 is 10.2 Å². The van der Waals surface area contributed by atoms with Crippen LogP contribution in [0.25, 0.3) is 0 Å². The molecule has 0 aliphatic heterocycles. The molecule has 2 N–H and O–H groups in total. The van der Waals surface area contributed by atoms with E-state index in [9.17, 15) is 19.4 Å². The quantitative estimate of drug-likeness (QED) is 0.0273. The number of nitrogens with zero attached hydrogens (tertiary/aromatic N) is 1. The average molecular weight is 873 g/mol. The first-order chi connectivity index (χ1) is 29.5. The monoisotopic (exact) mass is 873 g/mol. The Morgan fingerprint density at radius 2 is 1.00 bits per heavy atom. The smallest absolute Gasteiger partial charge is 0.268 e. The number of quaternary nitrogens is 1. The van der Waals surface area contributed by atoms with Crippen molar-refractivity contribution in [3.05, 3.63) is 85.1 Å². The van der Waals surface area contributed by atoms with E-state index in [2.05, 4.69) is 79.9 Å². The maximum absolute atomic E-state index is 12.9. The Labute approximate surface area is 376 Å². The summed E-state index contributed by atoms with van der Waals surface area (Å²) in [6, 6.07) is -0.932. The summed E-state index contributed by atoms with van der Waals surface area (Å²) < 4.78 is 23.2. The van der Waals surface area contributed by atoms with Crippen LogP contribution >= 0.6 is 7.82 Å². The standard InChI is InChI=1S/C52H93N2O6P/c1-6-8-10-12-14-16-18-20-22-24-26-28-29-31-33-35-37-39-41-43-45-51(55)50(49-60-61(57,58)59-48-47-54(3,4)5)53-52(56)46-44-42-40-38-36-34-32-30-27-25-23-21-19-17-15-13-11-9-7-2/h9,11,15,17,21,23,27,30,34,36,40,42-43,45,50-51,55H,6-8,10,12-14,16,18-20,22,24-26,28-29,31-33,35,37-39,41,44,46-49H2,1-5H3,(H-,53,56,57,58)/b11-9-,17-15-,23-21-,30-27-,36-34-,42-40-,45-43+. The second-order valence-electron chi connectivity index (χ2n) is 17.4. The molecule has 0 fully saturated rings. The van der Waals surface area contributed by atoms with Gasteiger partial charge in [-0.25, -0.2) is 0 Å². The van der Waals surface area contributed by atoms with Gasteiger partial charge in [0.05, 0.1) is 39.9 Å². The van der Waals surface area contributed by atoms with Crippen LogP contribution in [0.3, 0.4) is 0 Å². The molecule has 0 aliphatic carbocycles. The maximum atomic E-state index is 12.9. The fourth-order valence-electron chi connectivity index (χ4n) is 6.53. The highest BCUT2D eigenvalue weighted by atomic mass is 31.2. The van der Waals surface area contributed by atoms with E-state index in [4.69, 9.17) is 9.05 Å². The lowest BCUT2D eigenvalue weighted by Gasteiger charge is -2.29. The number of unbranched alkanes of at least 4 members (excludes halogenated alkanes) is 18. The highest BCUT2D eigenvalue weighted by Gasteiger charge is 2.23. The summed E-state index contributed by atoms with van der Waals surface area (Å²) in [4.78, 5) is 25.3. The number of phosphoric ester groups is 1. The number of allylic oxidation sites excluding steroid dienone is 13. The zero-order chi connectivity index (χ0) is 45.0. The van der Waals surface area contributed by atoms with E-state index in [1.165, 1.54) is 103 Å². The van der Waals surface area contributed by atoms with E-state index in [1.54, 1.807) is 6.08 Å². The van der Waals surface area contributed by atoms with Crippen LogP contribution in [0, 0.1) is 0 Å². The first-order valence-electron chi connectivity index (χ1n) is 24.4. The molecule has 0 aromatic carbocycles. The van der Waals surface area contributed by atoms with E-state index in [1.807, 2.05) is 39.4 Å². The lowest BCUT2D eigenvalue weighted by atomic mass is 10.0. The third-order valence-electron chi connectivity index (χ3n) is 10.4. The van der Waals surface area contributed by atoms with E-state index < -0.39 is 26.6 Å². The molecule has 8 nitrogen and oxygen atoms in total. The number of aliphatic hydroxyl groups excluding tert-OH is 1. The molecule has 0 saturated carbocycles. The van der Waals surface area contributed by atoms with Crippen molar-refractivity contribution in [3.63, 3.8) is 0 Å². The minimum absolute atomic E-state index is 0.0187. The van der Waals surface area contributed by atoms with Gasteiger partial charge in [-0.05, 0) is 57.8 Å². The molecule has 0 saturated heterocycles. The van der Waals surface area contributed by atoms with Crippen LogP contribution in [0.2, 0.25) is 0 Å². The van der Waals surface area contributed by atoms with Crippen molar-refractivity contribution in [2.75, 3.05) is 40.9 Å². The van der Waals surface area contributed by atoms with Gasteiger partial charge in [0.1, 0.15) is 13.2 Å². The Bertz CT molecular complexity index is 1260. The number of likely N-dealkylation sites (N-methyl/N-ethyl adjacent to an activating group) is 1. The van der Waals surface area contributed by atoms with Crippen LogP contribution in [-0.4, -0.2) is 68.5 Å². The van der Waals surface area contributed by atoms with Gasteiger partial charge >= 0.3 is 0 Å². The minimum Gasteiger partial charge on any atom is -0.756 e. The molecule has 0 bridgehead atoms. The second-order valence-corrected chi connectivity index (χ2v) is 18.8. The third kappa shape index (κ3) is 45.5. The van der Waals surface area contributed by atoms with Crippen LogP contribution in [-0.2, 0) is 18.4 Å². The molecule has 0 rings (SSSR count). The highest BCUT2D eigenvalue weighted by molar-refractivity contribution is 7.45. The molecule has 1 amide bonds. The van der Waals surface area contributed by atoms with Gasteiger partial charge in [-0.3, -0.25) is 9.36 Å². The van der Waals surface area contributed by atoms with Gasteiger partial charge in [0.15, 0.2) is 0 Å². The number of nitrogens with one attached hydrogen (secondary N) is 1. The predicted octanol–water partition coefficient (Wildman–Crippen LogP) is 13.5. The topological polar surface area (TPSA) is 108 Å². The number of rotatable bonds is 43. The van der Waals surface area contributed by atoms with Gasteiger partial charge in [0, 0.05) is 6.42 Å². The molecular formula is C52H93N2O6P. The SMILES string of the molecule is CC/C=C\C/C=C\C/C=C\C/C=C\C/C=C\C/C=C\CCC(=O)NC(COP(=O)([O-])OCC[N+](C)(C)C)C(O)/C=C/CCCCCCCCCCCCCCCCCCCC. The predicted molar refractivity (Wildman–Crippen MR) is 260 cm³/mol. The van der Waals surface area contributed by atoms with Gasteiger partial charge < -0.3 is 28.8 Å². The average Bonchev–Trinajstić information content (AvgIpc) is 3.21. The number of carbonyl (C=O) groups excluding carboxylic acids is 1. The van der Waals surface area contributed by atoms with Crippen molar-refractivity contribution in [1.82, 2.24) is 5.32 Å². The number of aliphatic hydroxyl groups is 1. The van der Waals surface area contributed by atoms with Crippen LogP contribution in [0.1, 0.15) is 187 Å². The molecule has 0 radical (unpaired) electrons. The fourth-order valence-corrected chi connectivity index (χ4v) is 7.25. The van der Waals surface area contributed by atoms with Crippen molar-refractivity contribution in [2.24, 2.45) is 0 Å². The molecular weight excluding hydrogens is 780 g/mol. The Balaban J connectivity index is 4.49. The van der Waals surface area contributed by atoms with Crippen molar-refractivity contribution in [2.45, 2.75) is 199 Å². The van der Waals surface area contributed by atoms with E-state index in [-0.39, 0.29) is 18.9 Å². The number of carbonyl (C=O) groups is 1. The Morgan fingerprint density at radius 1 is 0.590 bits per heavy atom. The highest BCUT2D eigenvalue weighted by Crippen LogP contribution is 2.38. The zero-order valence-corrected chi connectivity index (χ0v) is 40.7. The summed E-state index contributed by atoms with van der Waals surface area (Å²) in [6.07, 6.45) is 59.4. The fraction of sp³-hybridized carbons (Fsp3) is 0.712. The summed E-state index contributed by atoms with van der Waals surface area (Å²) in [5, 5.41) is 13.8. The lowest BCUT2D eigenvalue weighted by Crippen LogP contribution is -2.45. The second kappa shape index (κ2) is 43.0. The van der Waals surface area contributed by atoms with Crippen molar-refractivity contribution in [1.29, 1.82) is 0 Å². The summed E-state index contributed by atoms with van der Waals surface area (Å²) in [5.74, 6) is -0.282. The molecule has 0 aromatic heterocycles. The van der Waals surface area contributed by atoms with E-state index in [0.717, 1.165) is 57.8 Å². The van der Waals surface area contributed by atoms with Gasteiger partial charge in [-0.15, -0.1) is 0 Å². The number of hydrogen-bond donors (Lipinski definition) is 2. The first-order valence-corrected chi connectivity index (χ1v) is 25.9. The Morgan fingerprint density at radius 3 is 1.43 bits per heavy atom. The van der Waals surface area contributed by atoms with Crippen LogP contribution in [0.4, 0.5) is 0 Å². The molecule has 0 spiro atoms. The van der Waals surface area contributed by atoms with E-state index in [0.29, 0.717) is 17.4 Å². The van der Waals surface area contributed by atoms with Crippen LogP contribution in [0.5, 0.6) is 0 Å². The molecule has 0 aliphatic rings. The van der Waals surface area contributed by atoms with Crippen molar-refractivity contribution < 1.29 is 32.9 Å². The number of phosphoric acid groups is 1. The van der Waals surface area contributed by atoms with Gasteiger partial charge in [-0.2, -0.15) is 0 Å². The largest absolute Gasteiger partial charge is 0.756 e. The molecule has 3 unspecified atom stereocenters. The third-order valence-corrected chi connectivity index (χ3v) is 11.3. The van der Waals surface area contributed by atoms with Crippen molar-refractivity contribution in [3.8, 4) is 0 Å². The Hall–Kier alpha value is -2.32. The maximum Gasteiger partial charge on any atom is 0.268 e.